The van der Waals surface area contributed by atoms with Crippen molar-refractivity contribution in [3.05, 3.63) is 89.4 Å². The van der Waals surface area contributed by atoms with Gasteiger partial charge >= 0.3 is 6.03 Å². The molecule has 0 saturated carbocycles. The number of halogens is 1. The average Bonchev–Trinajstić information content (AvgIpc) is 2.76. The molecule has 0 radical (unpaired) electrons. The lowest BCUT2D eigenvalue weighted by atomic mass is 9.90. The molecule has 158 valence electrons. The second-order valence-corrected chi connectivity index (χ2v) is 8.13. The molecule has 1 aliphatic heterocycles. The van der Waals surface area contributed by atoms with Gasteiger partial charge in [-0.1, -0.05) is 48.0 Å². The van der Waals surface area contributed by atoms with Crippen molar-refractivity contribution in [2.45, 2.75) is 32.4 Å². The molecule has 2 atom stereocenters. The van der Waals surface area contributed by atoms with E-state index in [2.05, 4.69) is 5.32 Å². The van der Waals surface area contributed by atoms with Gasteiger partial charge in [-0.15, -0.1) is 0 Å². The Hall–Kier alpha value is -3.31. The SMILES string of the molecule is CC(=O)N(c1ccccc1)C1CC(C)N(C(=O)Nc2ccc(Cl)cc2)c2ccccc21. The van der Waals surface area contributed by atoms with Crippen LogP contribution in [0, 0.1) is 0 Å². The van der Waals surface area contributed by atoms with Crippen molar-refractivity contribution < 1.29 is 9.59 Å². The van der Waals surface area contributed by atoms with Crippen LogP contribution < -0.4 is 15.1 Å². The van der Waals surface area contributed by atoms with Gasteiger partial charge in [0.25, 0.3) is 0 Å². The second kappa shape index (κ2) is 8.82. The third kappa shape index (κ3) is 4.28. The lowest BCUT2D eigenvalue weighted by molar-refractivity contribution is -0.117. The van der Waals surface area contributed by atoms with Crippen molar-refractivity contribution in [2.24, 2.45) is 0 Å². The summed E-state index contributed by atoms with van der Waals surface area (Å²) >= 11 is 5.95. The summed E-state index contributed by atoms with van der Waals surface area (Å²) in [5.74, 6) is -0.0303. The highest BCUT2D eigenvalue weighted by molar-refractivity contribution is 6.30. The van der Waals surface area contributed by atoms with E-state index in [1.54, 1.807) is 36.1 Å². The molecule has 1 heterocycles. The maximum absolute atomic E-state index is 13.2. The van der Waals surface area contributed by atoms with Gasteiger partial charge in [0.15, 0.2) is 0 Å². The van der Waals surface area contributed by atoms with Gasteiger partial charge in [-0.2, -0.15) is 0 Å². The molecule has 0 fully saturated rings. The third-order valence-corrected chi connectivity index (χ3v) is 5.81. The number of nitrogens with zero attached hydrogens (tertiary/aromatic N) is 2. The Kier molecular flexibility index (Phi) is 5.96. The molecule has 3 aromatic carbocycles. The highest BCUT2D eigenvalue weighted by Crippen LogP contribution is 2.42. The molecule has 0 saturated heterocycles. The Morgan fingerprint density at radius 2 is 1.61 bits per heavy atom. The fourth-order valence-electron chi connectivity index (χ4n) is 4.22. The molecule has 6 heteroatoms. The van der Waals surface area contributed by atoms with Crippen molar-refractivity contribution in [1.82, 2.24) is 0 Å². The number of carbonyl (C=O) groups is 2. The molecule has 3 aromatic rings. The van der Waals surface area contributed by atoms with Crippen LogP contribution >= 0.6 is 11.6 Å². The van der Waals surface area contributed by atoms with Gasteiger partial charge in [-0.3, -0.25) is 9.69 Å². The number of benzene rings is 3. The minimum Gasteiger partial charge on any atom is -0.308 e. The van der Waals surface area contributed by atoms with Gasteiger partial charge in [0.1, 0.15) is 0 Å². The molecular weight excluding hydrogens is 410 g/mol. The van der Waals surface area contributed by atoms with E-state index in [-0.39, 0.29) is 24.0 Å². The van der Waals surface area contributed by atoms with E-state index in [4.69, 9.17) is 11.6 Å². The molecule has 2 unspecified atom stereocenters. The van der Waals surface area contributed by atoms with Crippen molar-refractivity contribution >= 4 is 40.6 Å². The summed E-state index contributed by atoms with van der Waals surface area (Å²) in [5, 5.41) is 3.57. The largest absolute Gasteiger partial charge is 0.326 e. The summed E-state index contributed by atoms with van der Waals surface area (Å²) in [5.41, 5.74) is 3.28. The molecule has 0 spiro atoms. The highest BCUT2D eigenvalue weighted by atomic mass is 35.5. The highest BCUT2D eigenvalue weighted by Gasteiger charge is 2.37. The van der Waals surface area contributed by atoms with E-state index in [1.165, 1.54) is 0 Å². The number of para-hydroxylation sites is 2. The Balaban J connectivity index is 1.69. The van der Waals surface area contributed by atoms with Crippen molar-refractivity contribution in [2.75, 3.05) is 15.1 Å². The van der Waals surface area contributed by atoms with E-state index >= 15 is 0 Å². The third-order valence-electron chi connectivity index (χ3n) is 5.56. The number of urea groups is 1. The van der Waals surface area contributed by atoms with E-state index in [9.17, 15) is 9.59 Å². The van der Waals surface area contributed by atoms with Crippen LogP contribution in [-0.2, 0) is 4.79 Å². The molecule has 3 amide bonds. The first-order chi connectivity index (χ1) is 15.0. The van der Waals surface area contributed by atoms with E-state index in [0.717, 1.165) is 16.9 Å². The normalized spacial score (nSPS) is 17.6. The smallest absolute Gasteiger partial charge is 0.308 e. The Labute approximate surface area is 187 Å². The zero-order chi connectivity index (χ0) is 22.0. The van der Waals surface area contributed by atoms with Crippen LogP contribution in [0.4, 0.5) is 21.9 Å². The number of rotatable bonds is 3. The number of hydrogen-bond donors (Lipinski definition) is 1. The first-order valence-corrected chi connectivity index (χ1v) is 10.6. The predicted molar refractivity (Wildman–Crippen MR) is 126 cm³/mol. The van der Waals surface area contributed by atoms with Crippen LogP contribution in [0.15, 0.2) is 78.9 Å². The molecule has 0 aliphatic carbocycles. The standard InChI is InChI=1S/C25H24ClN3O2/c1-17-16-24(29(18(2)30)21-8-4-3-5-9-21)22-10-6-7-11-23(22)28(17)25(31)27-20-14-12-19(26)13-15-20/h3-15,17,24H,16H2,1-2H3,(H,27,31). The molecule has 0 bridgehead atoms. The average molecular weight is 434 g/mol. The van der Waals surface area contributed by atoms with Gasteiger partial charge < -0.3 is 10.2 Å². The quantitative estimate of drug-likeness (QED) is 0.529. The fraction of sp³-hybridized carbons (Fsp3) is 0.200. The molecule has 1 N–H and O–H groups in total. The first kappa shape index (κ1) is 20.9. The molecule has 4 rings (SSSR count). The zero-order valence-electron chi connectivity index (χ0n) is 17.5. The predicted octanol–water partition coefficient (Wildman–Crippen LogP) is 6.26. The number of anilines is 3. The lowest BCUT2D eigenvalue weighted by Gasteiger charge is -2.43. The van der Waals surface area contributed by atoms with Gasteiger partial charge in [0.05, 0.1) is 11.7 Å². The lowest BCUT2D eigenvalue weighted by Crippen LogP contribution is -2.48. The summed E-state index contributed by atoms with van der Waals surface area (Å²) in [6.07, 6.45) is 0.625. The summed E-state index contributed by atoms with van der Waals surface area (Å²) < 4.78 is 0. The number of nitrogens with one attached hydrogen (secondary N) is 1. The number of carbonyl (C=O) groups excluding carboxylic acids is 2. The van der Waals surface area contributed by atoms with Crippen LogP contribution in [0.2, 0.25) is 5.02 Å². The van der Waals surface area contributed by atoms with Crippen molar-refractivity contribution in [1.29, 1.82) is 0 Å². The first-order valence-electron chi connectivity index (χ1n) is 10.2. The summed E-state index contributed by atoms with van der Waals surface area (Å²) in [4.78, 5) is 29.5. The zero-order valence-corrected chi connectivity index (χ0v) is 18.2. The molecule has 1 aliphatic rings. The van der Waals surface area contributed by atoms with Gasteiger partial charge in [0.2, 0.25) is 5.91 Å². The minimum atomic E-state index is -0.213. The maximum atomic E-state index is 13.2. The Morgan fingerprint density at radius 3 is 2.29 bits per heavy atom. The maximum Gasteiger partial charge on any atom is 0.326 e. The summed E-state index contributed by atoms with van der Waals surface area (Å²) in [7, 11) is 0. The van der Waals surface area contributed by atoms with E-state index < -0.39 is 0 Å². The molecule has 31 heavy (non-hydrogen) atoms. The van der Waals surface area contributed by atoms with Gasteiger partial charge in [-0.05, 0) is 61.4 Å². The van der Waals surface area contributed by atoms with Crippen molar-refractivity contribution in [3.63, 3.8) is 0 Å². The molecular formula is C25H24ClN3O2. The van der Waals surface area contributed by atoms with Gasteiger partial charge in [0, 0.05) is 29.4 Å². The van der Waals surface area contributed by atoms with Gasteiger partial charge in [-0.25, -0.2) is 4.79 Å². The topological polar surface area (TPSA) is 52.7 Å². The fourth-order valence-corrected chi connectivity index (χ4v) is 4.35. The minimum absolute atomic E-state index is 0.0303. The Morgan fingerprint density at radius 1 is 0.968 bits per heavy atom. The second-order valence-electron chi connectivity index (χ2n) is 7.69. The van der Waals surface area contributed by atoms with Crippen LogP contribution in [0.25, 0.3) is 0 Å². The van der Waals surface area contributed by atoms with Crippen molar-refractivity contribution in [3.8, 4) is 0 Å². The van der Waals surface area contributed by atoms with Crippen LogP contribution in [0.3, 0.4) is 0 Å². The Bertz CT molecular complexity index is 1090. The summed E-state index contributed by atoms with van der Waals surface area (Å²) in [6, 6.07) is 24.0. The molecule has 0 aromatic heterocycles. The van der Waals surface area contributed by atoms with Crippen LogP contribution in [0.5, 0.6) is 0 Å². The van der Waals surface area contributed by atoms with E-state index in [1.807, 2.05) is 66.4 Å². The van der Waals surface area contributed by atoms with E-state index in [0.29, 0.717) is 17.1 Å². The number of amides is 3. The monoisotopic (exact) mass is 433 g/mol. The number of hydrogen-bond acceptors (Lipinski definition) is 2. The van der Waals surface area contributed by atoms with Crippen LogP contribution in [-0.4, -0.2) is 18.0 Å². The van der Waals surface area contributed by atoms with Crippen LogP contribution in [0.1, 0.15) is 31.9 Å². The number of fused-ring (bicyclic) bond motifs is 1. The molecule has 5 nitrogen and oxygen atoms in total. The summed E-state index contributed by atoms with van der Waals surface area (Å²) in [6.45, 7) is 3.59.